The lowest BCUT2D eigenvalue weighted by molar-refractivity contribution is 0.00591. The minimum atomic E-state index is 0.268. The molecule has 2 heterocycles. The first-order valence-electron chi connectivity index (χ1n) is 7.13. The summed E-state index contributed by atoms with van der Waals surface area (Å²) in [6, 6.07) is 0. The second-order valence-electron chi connectivity index (χ2n) is 5.12. The van der Waals surface area contributed by atoms with Gasteiger partial charge in [0, 0.05) is 45.9 Å². The second kappa shape index (κ2) is 8.07. The molecule has 1 unspecified atom stereocenters. The van der Waals surface area contributed by atoms with Crippen LogP contribution in [0.15, 0.2) is 0 Å². The molecule has 106 valence electrons. The van der Waals surface area contributed by atoms with Crippen molar-refractivity contribution in [2.24, 2.45) is 0 Å². The molecule has 1 N–H and O–H groups in total. The molecule has 18 heavy (non-hydrogen) atoms. The predicted molar refractivity (Wildman–Crippen MR) is 69.8 cm³/mol. The Kier molecular flexibility index (Phi) is 6.37. The molecule has 2 saturated heterocycles. The topological polar surface area (TPSA) is 45.2 Å². The Bertz CT molecular complexity index is 214. The smallest absolute Gasteiger partial charge is 0.0809 e. The first-order valence-corrected chi connectivity index (χ1v) is 7.13. The fourth-order valence-electron chi connectivity index (χ4n) is 2.56. The molecular weight excluding hydrogens is 232 g/mol. The number of aliphatic hydroxyl groups is 1. The van der Waals surface area contributed by atoms with Crippen LogP contribution in [0.3, 0.4) is 0 Å². The number of rotatable bonds is 7. The van der Waals surface area contributed by atoms with Gasteiger partial charge in [-0.05, 0) is 12.8 Å². The third-order valence-corrected chi connectivity index (χ3v) is 3.76. The van der Waals surface area contributed by atoms with Crippen molar-refractivity contribution >= 4 is 0 Å². The van der Waals surface area contributed by atoms with Crippen LogP contribution in [-0.4, -0.2) is 86.7 Å². The standard InChI is InChI=1S/C13H26N2O3/c16-9-7-14-3-5-15(6-4-14)8-11-17-12-13-2-1-10-18-13/h13,16H,1-12H2. The highest BCUT2D eigenvalue weighted by Crippen LogP contribution is 2.11. The zero-order valence-corrected chi connectivity index (χ0v) is 11.2. The maximum absolute atomic E-state index is 8.87. The Labute approximate surface area is 110 Å². The molecular formula is C13H26N2O3. The molecule has 0 spiro atoms. The highest BCUT2D eigenvalue weighted by molar-refractivity contribution is 4.71. The van der Waals surface area contributed by atoms with Crippen LogP contribution in [0.5, 0.6) is 0 Å². The maximum Gasteiger partial charge on any atom is 0.0809 e. The van der Waals surface area contributed by atoms with E-state index in [9.17, 15) is 0 Å². The molecule has 5 nitrogen and oxygen atoms in total. The summed E-state index contributed by atoms with van der Waals surface area (Å²) in [5, 5.41) is 8.87. The summed E-state index contributed by atoms with van der Waals surface area (Å²) >= 11 is 0. The number of ether oxygens (including phenoxy) is 2. The number of β-amino-alcohol motifs (C(OH)–C–C–N with tert-alkyl or cyclic N) is 1. The van der Waals surface area contributed by atoms with Gasteiger partial charge in [-0.15, -0.1) is 0 Å². The van der Waals surface area contributed by atoms with Gasteiger partial charge in [0.05, 0.1) is 25.9 Å². The monoisotopic (exact) mass is 258 g/mol. The van der Waals surface area contributed by atoms with Gasteiger partial charge in [0.2, 0.25) is 0 Å². The number of hydrogen-bond donors (Lipinski definition) is 1. The molecule has 0 aliphatic carbocycles. The average Bonchev–Trinajstić information content (AvgIpc) is 2.90. The lowest BCUT2D eigenvalue weighted by Gasteiger charge is -2.34. The lowest BCUT2D eigenvalue weighted by Crippen LogP contribution is -2.48. The highest BCUT2D eigenvalue weighted by Gasteiger charge is 2.17. The Hall–Kier alpha value is -0.200. The molecule has 5 heteroatoms. The highest BCUT2D eigenvalue weighted by atomic mass is 16.5. The molecule has 2 aliphatic heterocycles. The van der Waals surface area contributed by atoms with Crippen molar-refractivity contribution in [3.8, 4) is 0 Å². The molecule has 0 bridgehead atoms. The van der Waals surface area contributed by atoms with Crippen molar-refractivity contribution in [2.75, 3.05) is 65.7 Å². The normalized spacial score (nSPS) is 26.8. The van der Waals surface area contributed by atoms with E-state index in [1.807, 2.05) is 0 Å². The predicted octanol–water partition coefficient (Wildman–Crippen LogP) is -0.208. The largest absolute Gasteiger partial charge is 0.395 e. The molecule has 0 radical (unpaired) electrons. The van der Waals surface area contributed by atoms with Crippen molar-refractivity contribution in [1.82, 2.24) is 9.80 Å². The summed E-state index contributed by atoms with van der Waals surface area (Å²) in [5.74, 6) is 0. The van der Waals surface area contributed by atoms with Gasteiger partial charge in [0.25, 0.3) is 0 Å². The van der Waals surface area contributed by atoms with E-state index in [2.05, 4.69) is 9.80 Å². The summed E-state index contributed by atoms with van der Waals surface area (Å²) in [6.07, 6.45) is 2.67. The van der Waals surface area contributed by atoms with Crippen LogP contribution in [0.4, 0.5) is 0 Å². The van der Waals surface area contributed by atoms with E-state index in [0.29, 0.717) is 6.10 Å². The van der Waals surface area contributed by atoms with Crippen LogP contribution in [0.2, 0.25) is 0 Å². The van der Waals surface area contributed by atoms with Crippen molar-refractivity contribution in [2.45, 2.75) is 18.9 Å². The Morgan fingerprint density at radius 2 is 1.83 bits per heavy atom. The van der Waals surface area contributed by atoms with Gasteiger partial charge in [-0.1, -0.05) is 0 Å². The fraction of sp³-hybridized carbons (Fsp3) is 1.00. The van der Waals surface area contributed by atoms with E-state index in [0.717, 1.165) is 65.5 Å². The van der Waals surface area contributed by atoms with Crippen LogP contribution >= 0.6 is 0 Å². The van der Waals surface area contributed by atoms with Gasteiger partial charge >= 0.3 is 0 Å². The average molecular weight is 258 g/mol. The van der Waals surface area contributed by atoms with Crippen molar-refractivity contribution in [3.63, 3.8) is 0 Å². The summed E-state index contributed by atoms with van der Waals surface area (Å²) in [5.41, 5.74) is 0. The fourth-order valence-corrected chi connectivity index (χ4v) is 2.56. The molecule has 0 saturated carbocycles. The second-order valence-corrected chi connectivity index (χ2v) is 5.12. The zero-order chi connectivity index (χ0) is 12.6. The quantitative estimate of drug-likeness (QED) is 0.640. The van der Waals surface area contributed by atoms with Crippen molar-refractivity contribution in [3.05, 3.63) is 0 Å². The summed E-state index contributed by atoms with van der Waals surface area (Å²) in [7, 11) is 0. The van der Waals surface area contributed by atoms with E-state index in [1.165, 1.54) is 6.42 Å². The molecule has 1 atom stereocenters. The minimum absolute atomic E-state index is 0.268. The molecule has 0 aromatic heterocycles. The van der Waals surface area contributed by atoms with Crippen LogP contribution in [0.25, 0.3) is 0 Å². The zero-order valence-electron chi connectivity index (χ0n) is 11.2. The Morgan fingerprint density at radius 1 is 1.11 bits per heavy atom. The van der Waals surface area contributed by atoms with Gasteiger partial charge in [-0.2, -0.15) is 0 Å². The Morgan fingerprint density at radius 3 is 2.44 bits per heavy atom. The molecule has 2 aliphatic rings. The number of hydrogen-bond acceptors (Lipinski definition) is 5. The number of piperazine rings is 1. The van der Waals surface area contributed by atoms with Crippen LogP contribution in [-0.2, 0) is 9.47 Å². The van der Waals surface area contributed by atoms with E-state index in [1.54, 1.807) is 0 Å². The molecule has 2 fully saturated rings. The van der Waals surface area contributed by atoms with Gasteiger partial charge in [-0.3, -0.25) is 9.80 Å². The molecule has 0 amide bonds. The van der Waals surface area contributed by atoms with Crippen molar-refractivity contribution < 1.29 is 14.6 Å². The molecule has 2 rings (SSSR count). The third kappa shape index (κ3) is 4.82. The summed E-state index contributed by atoms with van der Waals surface area (Å²) in [6.45, 7) is 8.85. The maximum atomic E-state index is 8.87. The van der Waals surface area contributed by atoms with E-state index >= 15 is 0 Å². The SMILES string of the molecule is OCCN1CCN(CCOCC2CCCO2)CC1. The first-order chi connectivity index (χ1) is 8.88. The third-order valence-electron chi connectivity index (χ3n) is 3.76. The lowest BCUT2D eigenvalue weighted by atomic mass is 10.2. The number of nitrogens with zero attached hydrogens (tertiary/aromatic N) is 2. The molecule has 0 aromatic carbocycles. The molecule has 0 aromatic rings. The van der Waals surface area contributed by atoms with Crippen molar-refractivity contribution in [1.29, 1.82) is 0 Å². The first kappa shape index (κ1) is 14.2. The van der Waals surface area contributed by atoms with E-state index < -0.39 is 0 Å². The van der Waals surface area contributed by atoms with E-state index in [4.69, 9.17) is 14.6 Å². The van der Waals surface area contributed by atoms with Crippen LogP contribution < -0.4 is 0 Å². The van der Waals surface area contributed by atoms with Crippen LogP contribution in [0.1, 0.15) is 12.8 Å². The minimum Gasteiger partial charge on any atom is -0.395 e. The Balaban J connectivity index is 1.47. The summed E-state index contributed by atoms with van der Waals surface area (Å²) < 4.78 is 11.2. The van der Waals surface area contributed by atoms with Gasteiger partial charge in [0.15, 0.2) is 0 Å². The summed E-state index contributed by atoms with van der Waals surface area (Å²) in [4.78, 5) is 4.74. The van der Waals surface area contributed by atoms with Crippen LogP contribution in [0, 0.1) is 0 Å². The van der Waals surface area contributed by atoms with E-state index in [-0.39, 0.29) is 6.61 Å². The van der Waals surface area contributed by atoms with Gasteiger partial charge in [0.1, 0.15) is 0 Å². The number of aliphatic hydroxyl groups excluding tert-OH is 1. The van der Waals surface area contributed by atoms with Gasteiger partial charge < -0.3 is 14.6 Å². The van der Waals surface area contributed by atoms with Gasteiger partial charge in [-0.25, -0.2) is 0 Å².